The summed E-state index contributed by atoms with van der Waals surface area (Å²) >= 11 is 0. The number of guanidine groups is 1. The summed E-state index contributed by atoms with van der Waals surface area (Å²) in [6.45, 7) is 10.5. The van der Waals surface area contributed by atoms with Crippen LogP contribution in [-0.2, 0) is 17.8 Å². The molecule has 1 heterocycles. The van der Waals surface area contributed by atoms with E-state index in [2.05, 4.69) is 50.3 Å². The minimum absolute atomic E-state index is 0.549. The normalized spacial score (nSPS) is 11.5. The summed E-state index contributed by atoms with van der Waals surface area (Å²) in [6, 6.07) is 6.26. The number of nitrogens with zero attached hydrogens (tertiary/aromatic N) is 3. The quantitative estimate of drug-likeness (QED) is 0.325. The van der Waals surface area contributed by atoms with E-state index in [-0.39, 0.29) is 0 Å². The number of imidazole rings is 1. The van der Waals surface area contributed by atoms with Crippen LogP contribution in [0.5, 0.6) is 5.75 Å². The molecule has 0 aliphatic rings. The summed E-state index contributed by atoms with van der Waals surface area (Å²) in [5.74, 6) is 2.75. The first-order valence-electron chi connectivity index (χ1n) is 10.4. The van der Waals surface area contributed by atoms with E-state index in [1.165, 1.54) is 5.56 Å². The van der Waals surface area contributed by atoms with Crippen LogP contribution in [0.1, 0.15) is 36.7 Å². The lowest BCUT2D eigenvalue weighted by Gasteiger charge is -2.15. The second-order valence-corrected chi connectivity index (χ2v) is 6.88. The highest BCUT2D eigenvalue weighted by molar-refractivity contribution is 5.79. The molecule has 1 aromatic heterocycles. The van der Waals surface area contributed by atoms with Crippen LogP contribution in [-0.4, -0.2) is 48.9 Å². The molecule has 0 aliphatic carbocycles. The van der Waals surface area contributed by atoms with Gasteiger partial charge in [-0.15, -0.1) is 0 Å². The number of aliphatic imine (C=N–C) groups is 1. The Kier molecular flexibility index (Phi) is 10.1. The van der Waals surface area contributed by atoms with Crippen LogP contribution >= 0.6 is 0 Å². The minimum atomic E-state index is 0.549. The molecule has 0 fully saturated rings. The summed E-state index contributed by atoms with van der Waals surface area (Å²) in [7, 11) is 1.79. The van der Waals surface area contributed by atoms with Crippen molar-refractivity contribution in [2.24, 2.45) is 4.99 Å². The number of rotatable bonds is 12. The fourth-order valence-electron chi connectivity index (χ4n) is 2.95. The van der Waals surface area contributed by atoms with Crippen LogP contribution in [0.3, 0.4) is 0 Å². The molecule has 0 bridgehead atoms. The Morgan fingerprint density at radius 3 is 2.76 bits per heavy atom. The molecule has 0 unspecified atom stereocenters. The SMILES string of the molecule is CCOCCOc1cc(C)ccc1CNC(=NC)NCCCCn1ccnc1C. The molecule has 2 rings (SSSR count). The van der Waals surface area contributed by atoms with E-state index in [1.54, 1.807) is 7.05 Å². The molecule has 0 radical (unpaired) electrons. The van der Waals surface area contributed by atoms with E-state index in [0.29, 0.717) is 26.4 Å². The molecule has 29 heavy (non-hydrogen) atoms. The van der Waals surface area contributed by atoms with E-state index in [0.717, 1.165) is 49.0 Å². The number of hydrogen-bond acceptors (Lipinski definition) is 4. The van der Waals surface area contributed by atoms with Crippen molar-refractivity contribution >= 4 is 5.96 Å². The van der Waals surface area contributed by atoms with E-state index in [4.69, 9.17) is 9.47 Å². The van der Waals surface area contributed by atoms with Crippen molar-refractivity contribution in [3.05, 3.63) is 47.5 Å². The number of unbranched alkanes of at least 4 members (excludes halogenated alkanes) is 1. The van der Waals surface area contributed by atoms with Gasteiger partial charge in [0.15, 0.2) is 5.96 Å². The van der Waals surface area contributed by atoms with Gasteiger partial charge in [-0.05, 0) is 45.2 Å². The van der Waals surface area contributed by atoms with E-state index >= 15 is 0 Å². The van der Waals surface area contributed by atoms with Crippen molar-refractivity contribution in [2.75, 3.05) is 33.4 Å². The lowest BCUT2D eigenvalue weighted by molar-refractivity contribution is 0.110. The van der Waals surface area contributed by atoms with Gasteiger partial charge in [-0.25, -0.2) is 4.98 Å². The zero-order chi connectivity index (χ0) is 20.9. The van der Waals surface area contributed by atoms with Crippen LogP contribution in [0.4, 0.5) is 0 Å². The van der Waals surface area contributed by atoms with Crippen LogP contribution in [0.15, 0.2) is 35.6 Å². The molecule has 0 amide bonds. The fourth-order valence-corrected chi connectivity index (χ4v) is 2.95. The van der Waals surface area contributed by atoms with Gasteiger partial charge in [-0.2, -0.15) is 0 Å². The predicted molar refractivity (Wildman–Crippen MR) is 118 cm³/mol. The van der Waals surface area contributed by atoms with Crippen molar-refractivity contribution in [2.45, 2.75) is 46.7 Å². The van der Waals surface area contributed by atoms with Gasteiger partial charge in [-0.3, -0.25) is 4.99 Å². The molecule has 2 N–H and O–H groups in total. The van der Waals surface area contributed by atoms with Gasteiger partial charge in [0.25, 0.3) is 0 Å². The second kappa shape index (κ2) is 12.8. The maximum Gasteiger partial charge on any atom is 0.191 e. The molecule has 0 saturated carbocycles. The zero-order valence-electron chi connectivity index (χ0n) is 18.2. The van der Waals surface area contributed by atoms with Gasteiger partial charge >= 0.3 is 0 Å². The molecular formula is C22H35N5O2. The van der Waals surface area contributed by atoms with Crippen molar-refractivity contribution in [3.8, 4) is 5.75 Å². The summed E-state index contributed by atoms with van der Waals surface area (Å²) in [5, 5.41) is 6.75. The van der Waals surface area contributed by atoms with E-state index in [1.807, 2.05) is 26.2 Å². The number of ether oxygens (including phenoxy) is 2. The molecule has 0 aliphatic heterocycles. The third kappa shape index (κ3) is 8.15. The van der Waals surface area contributed by atoms with E-state index in [9.17, 15) is 0 Å². The lowest BCUT2D eigenvalue weighted by Crippen LogP contribution is -2.37. The van der Waals surface area contributed by atoms with Gasteiger partial charge in [-0.1, -0.05) is 12.1 Å². The Labute approximate surface area is 174 Å². The molecule has 0 atom stereocenters. The van der Waals surface area contributed by atoms with Gasteiger partial charge in [0.05, 0.1) is 6.61 Å². The number of benzene rings is 1. The second-order valence-electron chi connectivity index (χ2n) is 6.88. The van der Waals surface area contributed by atoms with Crippen LogP contribution in [0.25, 0.3) is 0 Å². The van der Waals surface area contributed by atoms with Crippen molar-refractivity contribution in [1.29, 1.82) is 0 Å². The standard InChI is InChI=1S/C22H35N5O2/c1-5-28-14-15-29-21-16-18(2)8-9-20(21)17-26-22(23-4)25-10-6-7-12-27-13-11-24-19(27)3/h8-9,11,13,16H,5-7,10,12,14-15,17H2,1-4H3,(H2,23,25,26). The summed E-state index contributed by atoms with van der Waals surface area (Å²) in [4.78, 5) is 8.57. The van der Waals surface area contributed by atoms with Crippen molar-refractivity contribution < 1.29 is 9.47 Å². The number of aryl methyl sites for hydroxylation is 3. The predicted octanol–water partition coefficient (Wildman–Crippen LogP) is 3.06. The Balaban J connectivity index is 1.74. The van der Waals surface area contributed by atoms with Gasteiger partial charge in [0.1, 0.15) is 18.2 Å². The Morgan fingerprint density at radius 1 is 1.17 bits per heavy atom. The van der Waals surface area contributed by atoms with Crippen LogP contribution in [0.2, 0.25) is 0 Å². The Bertz CT molecular complexity index is 757. The maximum atomic E-state index is 5.91. The minimum Gasteiger partial charge on any atom is -0.491 e. The first kappa shape index (κ1) is 22.7. The van der Waals surface area contributed by atoms with E-state index < -0.39 is 0 Å². The maximum absolute atomic E-state index is 5.91. The third-order valence-corrected chi connectivity index (χ3v) is 4.62. The smallest absolute Gasteiger partial charge is 0.191 e. The molecule has 160 valence electrons. The third-order valence-electron chi connectivity index (χ3n) is 4.62. The van der Waals surface area contributed by atoms with Crippen molar-refractivity contribution in [1.82, 2.24) is 20.2 Å². The first-order valence-corrected chi connectivity index (χ1v) is 10.4. The van der Waals surface area contributed by atoms with Gasteiger partial charge in [0, 0.05) is 51.2 Å². The van der Waals surface area contributed by atoms with Crippen LogP contribution < -0.4 is 15.4 Å². The van der Waals surface area contributed by atoms with Crippen LogP contribution in [0, 0.1) is 13.8 Å². The van der Waals surface area contributed by atoms with Gasteiger partial charge < -0.3 is 24.7 Å². The largest absolute Gasteiger partial charge is 0.491 e. The van der Waals surface area contributed by atoms with Crippen molar-refractivity contribution in [3.63, 3.8) is 0 Å². The molecule has 2 aromatic rings. The monoisotopic (exact) mass is 401 g/mol. The molecule has 0 spiro atoms. The number of nitrogens with one attached hydrogen (secondary N) is 2. The summed E-state index contributed by atoms with van der Waals surface area (Å²) in [5.41, 5.74) is 2.28. The highest BCUT2D eigenvalue weighted by atomic mass is 16.5. The Morgan fingerprint density at radius 2 is 2.03 bits per heavy atom. The average Bonchev–Trinajstić information content (AvgIpc) is 3.13. The van der Waals surface area contributed by atoms with Gasteiger partial charge in [0.2, 0.25) is 0 Å². The fraction of sp³-hybridized carbons (Fsp3) is 0.545. The number of aromatic nitrogens is 2. The molecule has 7 nitrogen and oxygen atoms in total. The first-order chi connectivity index (χ1) is 14.1. The number of hydrogen-bond donors (Lipinski definition) is 2. The Hall–Kier alpha value is -2.54. The topological polar surface area (TPSA) is 72.7 Å². The lowest BCUT2D eigenvalue weighted by atomic mass is 10.1. The summed E-state index contributed by atoms with van der Waals surface area (Å²) < 4.78 is 13.4. The highest BCUT2D eigenvalue weighted by Crippen LogP contribution is 2.20. The molecule has 1 aromatic carbocycles. The highest BCUT2D eigenvalue weighted by Gasteiger charge is 2.06. The molecule has 7 heteroatoms. The summed E-state index contributed by atoms with van der Waals surface area (Å²) in [6.07, 6.45) is 6.03. The molecular weight excluding hydrogens is 366 g/mol. The average molecular weight is 402 g/mol. The molecule has 0 saturated heterocycles. The zero-order valence-corrected chi connectivity index (χ0v) is 18.2.